The van der Waals surface area contributed by atoms with E-state index >= 15 is 0 Å². The molecule has 3 heterocycles. The fourth-order valence-corrected chi connectivity index (χ4v) is 4.22. The third-order valence-corrected chi connectivity index (χ3v) is 6.13. The lowest BCUT2D eigenvalue weighted by molar-refractivity contribution is -0.137. The van der Waals surface area contributed by atoms with E-state index in [-0.39, 0.29) is 5.82 Å². The van der Waals surface area contributed by atoms with Crippen molar-refractivity contribution in [2.24, 2.45) is 0 Å². The number of hydrogen-bond acceptors (Lipinski definition) is 4. The molecule has 0 amide bonds. The highest BCUT2D eigenvalue weighted by Gasteiger charge is 2.30. The average Bonchev–Trinajstić information content (AvgIpc) is 3.30. The van der Waals surface area contributed by atoms with Crippen molar-refractivity contribution in [2.75, 3.05) is 12.4 Å². The highest BCUT2D eigenvalue weighted by molar-refractivity contribution is 7.83. The lowest BCUT2D eigenvalue weighted by Crippen LogP contribution is -2.11. The minimum Gasteiger partial charge on any atom is -0.340 e. The van der Waals surface area contributed by atoms with Gasteiger partial charge in [0.25, 0.3) is 0 Å². The van der Waals surface area contributed by atoms with Gasteiger partial charge in [-0.2, -0.15) is 13.2 Å². The molecule has 3 aromatic rings. The van der Waals surface area contributed by atoms with Crippen molar-refractivity contribution in [2.45, 2.75) is 37.4 Å². The van der Waals surface area contributed by atoms with Crippen molar-refractivity contribution in [3.8, 4) is 11.3 Å². The quantitative estimate of drug-likeness (QED) is 0.630. The Morgan fingerprint density at radius 2 is 2.00 bits per heavy atom. The maximum atomic E-state index is 12.8. The Kier molecular flexibility index (Phi) is 5.37. The molecule has 30 heavy (non-hydrogen) atoms. The van der Waals surface area contributed by atoms with Crippen LogP contribution in [0.3, 0.4) is 0 Å². The molecule has 158 valence electrons. The zero-order chi connectivity index (χ0) is 21.5. The van der Waals surface area contributed by atoms with Crippen LogP contribution in [0.4, 0.5) is 24.7 Å². The molecule has 1 aliphatic heterocycles. The van der Waals surface area contributed by atoms with E-state index < -0.39 is 22.7 Å². The minimum atomic E-state index is -4.44. The van der Waals surface area contributed by atoms with Crippen LogP contribution in [0.2, 0.25) is 0 Å². The lowest BCUT2D eigenvalue weighted by Gasteiger charge is -2.14. The van der Waals surface area contributed by atoms with E-state index in [2.05, 4.69) is 19.6 Å². The second-order valence-corrected chi connectivity index (χ2v) is 8.37. The van der Waals surface area contributed by atoms with Crippen LogP contribution in [0.15, 0.2) is 41.4 Å². The molecule has 0 saturated carbocycles. The van der Waals surface area contributed by atoms with Crippen molar-refractivity contribution >= 4 is 22.5 Å². The SMILES string of the molecule is CNS(=O)c1ccc(Nc2ccc(C(F)(F)F)cn2)c(-c2nc3n(c2C)CCC3)c1. The first-order chi connectivity index (χ1) is 14.3. The van der Waals surface area contributed by atoms with E-state index in [1.807, 2.05) is 6.92 Å². The first kappa shape index (κ1) is 20.5. The summed E-state index contributed by atoms with van der Waals surface area (Å²) in [6.45, 7) is 2.89. The summed E-state index contributed by atoms with van der Waals surface area (Å²) in [5.41, 5.74) is 2.29. The van der Waals surface area contributed by atoms with Gasteiger partial charge in [-0.1, -0.05) is 0 Å². The van der Waals surface area contributed by atoms with Gasteiger partial charge in [0, 0.05) is 36.1 Å². The molecular weight excluding hydrogens is 415 g/mol. The van der Waals surface area contributed by atoms with Gasteiger partial charge in [0.2, 0.25) is 0 Å². The molecule has 10 heteroatoms. The Hall–Kier alpha value is -2.72. The Balaban J connectivity index is 1.75. The first-order valence-electron chi connectivity index (χ1n) is 9.38. The summed E-state index contributed by atoms with van der Waals surface area (Å²) in [6.07, 6.45) is -1.70. The van der Waals surface area contributed by atoms with Crippen molar-refractivity contribution in [1.82, 2.24) is 19.3 Å². The summed E-state index contributed by atoms with van der Waals surface area (Å²) in [7, 11) is 0.213. The van der Waals surface area contributed by atoms with Gasteiger partial charge in [0.15, 0.2) is 0 Å². The fourth-order valence-electron chi connectivity index (χ4n) is 3.56. The maximum Gasteiger partial charge on any atom is 0.417 e. The van der Waals surface area contributed by atoms with E-state index in [9.17, 15) is 17.4 Å². The number of imidazole rings is 1. The number of benzene rings is 1. The van der Waals surface area contributed by atoms with Gasteiger partial charge in [-0.25, -0.2) is 18.9 Å². The zero-order valence-corrected chi connectivity index (χ0v) is 17.2. The van der Waals surface area contributed by atoms with Crippen LogP contribution in [0.1, 0.15) is 23.5 Å². The molecule has 0 radical (unpaired) electrons. The highest BCUT2D eigenvalue weighted by Crippen LogP contribution is 2.35. The number of rotatable bonds is 5. The molecule has 0 bridgehead atoms. The van der Waals surface area contributed by atoms with Crippen molar-refractivity contribution < 1.29 is 17.4 Å². The largest absolute Gasteiger partial charge is 0.417 e. The Morgan fingerprint density at radius 1 is 1.20 bits per heavy atom. The average molecular weight is 435 g/mol. The predicted octanol–water partition coefficient (Wildman–Crippen LogP) is 4.20. The van der Waals surface area contributed by atoms with Crippen LogP contribution in [0, 0.1) is 6.92 Å². The predicted molar refractivity (Wildman–Crippen MR) is 109 cm³/mol. The van der Waals surface area contributed by atoms with Crippen LogP contribution in [0.5, 0.6) is 0 Å². The molecule has 0 fully saturated rings. The third kappa shape index (κ3) is 3.84. The van der Waals surface area contributed by atoms with E-state index in [0.717, 1.165) is 54.4 Å². The number of halogens is 3. The smallest absolute Gasteiger partial charge is 0.340 e. The van der Waals surface area contributed by atoms with Gasteiger partial charge >= 0.3 is 6.18 Å². The Morgan fingerprint density at radius 3 is 2.63 bits per heavy atom. The molecule has 0 saturated heterocycles. The number of pyridine rings is 1. The molecule has 1 aromatic carbocycles. The maximum absolute atomic E-state index is 12.8. The van der Waals surface area contributed by atoms with Crippen LogP contribution in [0.25, 0.3) is 11.3 Å². The summed E-state index contributed by atoms with van der Waals surface area (Å²) in [4.78, 5) is 9.24. The third-order valence-electron chi connectivity index (χ3n) is 5.08. The van der Waals surface area contributed by atoms with E-state index in [1.165, 1.54) is 6.07 Å². The Bertz CT molecular complexity index is 1110. The second kappa shape index (κ2) is 7.84. The van der Waals surface area contributed by atoms with Crippen LogP contribution < -0.4 is 10.0 Å². The van der Waals surface area contributed by atoms with Gasteiger partial charge in [0.1, 0.15) is 22.6 Å². The molecule has 2 N–H and O–H groups in total. The number of anilines is 2. The highest BCUT2D eigenvalue weighted by atomic mass is 32.2. The number of alkyl halides is 3. The van der Waals surface area contributed by atoms with Gasteiger partial charge < -0.3 is 9.88 Å². The van der Waals surface area contributed by atoms with Crippen LogP contribution in [-0.2, 0) is 30.1 Å². The van der Waals surface area contributed by atoms with E-state index in [1.54, 1.807) is 25.2 Å². The summed E-state index contributed by atoms with van der Waals surface area (Å²) in [5.74, 6) is 1.28. The topological polar surface area (TPSA) is 71.8 Å². The lowest BCUT2D eigenvalue weighted by atomic mass is 10.1. The van der Waals surface area contributed by atoms with Gasteiger partial charge in [-0.15, -0.1) is 0 Å². The number of aromatic nitrogens is 3. The molecular formula is C20H20F3N5OS. The summed E-state index contributed by atoms with van der Waals surface area (Å²) < 4.78 is 55.5. The fraction of sp³-hybridized carbons (Fsp3) is 0.300. The number of hydrogen-bond donors (Lipinski definition) is 2. The second-order valence-electron chi connectivity index (χ2n) is 6.95. The van der Waals surface area contributed by atoms with Crippen LogP contribution >= 0.6 is 0 Å². The summed E-state index contributed by atoms with van der Waals surface area (Å²) in [6, 6.07) is 7.48. The number of aryl methyl sites for hydroxylation is 1. The van der Waals surface area contributed by atoms with Gasteiger partial charge in [-0.3, -0.25) is 0 Å². The van der Waals surface area contributed by atoms with Gasteiger partial charge in [0.05, 0.1) is 16.2 Å². The minimum absolute atomic E-state index is 0.274. The molecule has 0 aliphatic carbocycles. The van der Waals surface area contributed by atoms with E-state index in [0.29, 0.717) is 10.6 Å². The van der Waals surface area contributed by atoms with Crippen molar-refractivity contribution in [1.29, 1.82) is 0 Å². The molecule has 0 spiro atoms. The number of nitrogens with zero attached hydrogens (tertiary/aromatic N) is 3. The summed E-state index contributed by atoms with van der Waals surface area (Å²) >= 11 is 0. The molecule has 2 aromatic heterocycles. The molecule has 1 unspecified atom stereocenters. The normalized spacial score (nSPS) is 14.6. The first-order valence-corrected chi connectivity index (χ1v) is 10.5. The molecule has 4 rings (SSSR count). The zero-order valence-electron chi connectivity index (χ0n) is 16.4. The van der Waals surface area contributed by atoms with Gasteiger partial charge in [-0.05, 0) is 50.7 Å². The molecule has 1 atom stereocenters. The number of fused-ring (bicyclic) bond motifs is 1. The number of nitrogens with one attached hydrogen (secondary N) is 2. The Labute approximate surface area is 174 Å². The van der Waals surface area contributed by atoms with E-state index in [4.69, 9.17) is 4.98 Å². The standard InChI is InChI=1S/C20H20F3N5OS/c1-12-19(27-18-4-3-9-28(12)18)15-10-14(30(29)24-2)6-7-16(15)26-17-8-5-13(11-25-17)20(21,22)23/h5-8,10-11,24H,3-4,9H2,1-2H3,(H,25,26). The molecule has 1 aliphatic rings. The molecule has 6 nitrogen and oxygen atoms in total. The summed E-state index contributed by atoms with van der Waals surface area (Å²) in [5, 5.41) is 3.08. The van der Waals surface area contributed by atoms with Crippen LogP contribution in [-0.4, -0.2) is 25.8 Å². The monoisotopic (exact) mass is 435 g/mol. The van der Waals surface area contributed by atoms with Crippen molar-refractivity contribution in [3.63, 3.8) is 0 Å². The van der Waals surface area contributed by atoms with Crippen molar-refractivity contribution in [3.05, 3.63) is 53.6 Å².